The molecule has 0 bridgehead atoms. The summed E-state index contributed by atoms with van der Waals surface area (Å²) in [6.45, 7) is 9.23. The number of hydrogen-bond donors (Lipinski definition) is 1. The van der Waals surface area contributed by atoms with Crippen molar-refractivity contribution in [3.63, 3.8) is 0 Å². The van der Waals surface area contributed by atoms with Crippen LogP contribution in [0.2, 0.25) is 0 Å². The SMILES string of the molecule is C=CCNc1cc(OCCC)nc(CCC)n1. The molecule has 1 aromatic heterocycles. The predicted molar refractivity (Wildman–Crippen MR) is 70.5 cm³/mol. The fourth-order valence-electron chi connectivity index (χ4n) is 1.36. The van der Waals surface area contributed by atoms with Crippen LogP contribution in [0.25, 0.3) is 0 Å². The molecule has 0 fully saturated rings. The van der Waals surface area contributed by atoms with Crippen molar-refractivity contribution in [1.82, 2.24) is 9.97 Å². The lowest BCUT2D eigenvalue weighted by Crippen LogP contribution is -2.06. The molecule has 0 saturated carbocycles. The van der Waals surface area contributed by atoms with Crippen LogP contribution in [0.5, 0.6) is 5.88 Å². The van der Waals surface area contributed by atoms with Gasteiger partial charge in [0.2, 0.25) is 5.88 Å². The molecule has 0 amide bonds. The van der Waals surface area contributed by atoms with Gasteiger partial charge in [-0.25, -0.2) is 4.98 Å². The van der Waals surface area contributed by atoms with Crippen LogP contribution in [0.1, 0.15) is 32.5 Å². The highest BCUT2D eigenvalue weighted by Crippen LogP contribution is 2.14. The first-order valence-corrected chi connectivity index (χ1v) is 6.15. The number of rotatable bonds is 8. The van der Waals surface area contributed by atoms with Gasteiger partial charge in [-0.1, -0.05) is 19.9 Å². The number of anilines is 1. The molecule has 0 spiro atoms. The van der Waals surface area contributed by atoms with Crippen molar-refractivity contribution in [1.29, 1.82) is 0 Å². The predicted octanol–water partition coefficient (Wildman–Crippen LogP) is 2.82. The van der Waals surface area contributed by atoms with Crippen LogP contribution in [-0.2, 0) is 6.42 Å². The molecule has 4 nitrogen and oxygen atoms in total. The molecule has 0 aliphatic heterocycles. The lowest BCUT2D eigenvalue weighted by atomic mass is 10.3. The van der Waals surface area contributed by atoms with Crippen LogP contribution in [-0.4, -0.2) is 23.1 Å². The van der Waals surface area contributed by atoms with Gasteiger partial charge in [-0.3, -0.25) is 0 Å². The molecular formula is C13H21N3O. The number of nitrogens with one attached hydrogen (secondary N) is 1. The zero-order valence-corrected chi connectivity index (χ0v) is 10.7. The molecule has 0 unspecified atom stereocenters. The molecule has 0 aromatic carbocycles. The number of aromatic nitrogens is 2. The van der Waals surface area contributed by atoms with E-state index in [2.05, 4.69) is 35.7 Å². The average Bonchev–Trinajstić information content (AvgIpc) is 2.34. The molecule has 0 atom stereocenters. The zero-order chi connectivity index (χ0) is 12.5. The fourth-order valence-corrected chi connectivity index (χ4v) is 1.36. The van der Waals surface area contributed by atoms with E-state index in [1.54, 1.807) is 6.08 Å². The highest BCUT2D eigenvalue weighted by atomic mass is 16.5. The molecule has 1 rings (SSSR count). The normalized spacial score (nSPS) is 10.0. The molecule has 4 heteroatoms. The minimum Gasteiger partial charge on any atom is -0.478 e. The van der Waals surface area contributed by atoms with Crippen LogP contribution in [0.15, 0.2) is 18.7 Å². The van der Waals surface area contributed by atoms with Crippen LogP contribution in [0.4, 0.5) is 5.82 Å². The van der Waals surface area contributed by atoms with Gasteiger partial charge in [0.25, 0.3) is 0 Å². The summed E-state index contributed by atoms with van der Waals surface area (Å²) >= 11 is 0. The molecule has 1 N–H and O–H groups in total. The largest absolute Gasteiger partial charge is 0.478 e. The smallest absolute Gasteiger partial charge is 0.218 e. The summed E-state index contributed by atoms with van der Waals surface area (Å²) in [6, 6.07) is 1.83. The Labute approximate surface area is 103 Å². The maximum Gasteiger partial charge on any atom is 0.218 e. The Kier molecular flexibility index (Phi) is 6.07. The molecule has 0 saturated heterocycles. The van der Waals surface area contributed by atoms with Crippen molar-refractivity contribution < 1.29 is 4.74 Å². The second-order valence-electron chi connectivity index (χ2n) is 3.78. The Morgan fingerprint density at radius 3 is 2.82 bits per heavy atom. The third-order valence-electron chi connectivity index (χ3n) is 2.10. The summed E-state index contributed by atoms with van der Waals surface area (Å²) in [5, 5.41) is 3.16. The molecule has 0 aliphatic rings. The highest BCUT2D eigenvalue weighted by Gasteiger charge is 2.04. The van der Waals surface area contributed by atoms with Gasteiger partial charge in [-0.15, -0.1) is 6.58 Å². The number of nitrogens with zero attached hydrogens (tertiary/aromatic N) is 2. The van der Waals surface area contributed by atoms with E-state index in [9.17, 15) is 0 Å². The number of hydrogen-bond acceptors (Lipinski definition) is 4. The standard InChI is InChI=1S/C13H21N3O/c1-4-7-11-15-12(14-8-5-2)10-13(16-11)17-9-6-3/h5,10H,2,4,6-9H2,1,3H3,(H,14,15,16). The van der Waals surface area contributed by atoms with E-state index in [1.165, 1.54) is 0 Å². The minimum absolute atomic E-state index is 0.650. The van der Waals surface area contributed by atoms with Crippen molar-refractivity contribution in [3.05, 3.63) is 24.5 Å². The lowest BCUT2D eigenvalue weighted by Gasteiger charge is -2.09. The van der Waals surface area contributed by atoms with Gasteiger partial charge in [-0.05, 0) is 12.8 Å². The second kappa shape index (κ2) is 7.65. The second-order valence-corrected chi connectivity index (χ2v) is 3.78. The van der Waals surface area contributed by atoms with Gasteiger partial charge in [0.1, 0.15) is 11.6 Å². The molecule has 1 aromatic rings. The number of aryl methyl sites for hydroxylation is 1. The summed E-state index contributed by atoms with van der Waals surface area (Å²) < 4.78 is 5.55. The van der Waals surface area contributed by atoms with Crippen LogP contribution >= 0.6 is 0 Å². The topological polar surface area (TPSA) is 47.0 Å². The van der Waals surface area contributed by atoms with E-state index in [-0.39, 0.29) is 0 Å². The lowest BCUT2D eigenvalue weighted by molar-refractivity contribution is 0.303. The van der Waals surface area contributed by atoms with Crippen molar-refractivity contribution >= 4 is 5.82 Å². The summed E-state index contributed by atoms with van der Waals surface area (Å²) in [6.07, 6.45) is 4.67. The first kappa shape index (κ1) is 13.5. The Bertz CT molecular complexity index is 353. The van der Waals surface area contributed by atoms with Crippen molar-refractivity contribution in [3.8, 4) is 5.88 Å². The van der Waals surface area contributed by atoms with Crippen LogP contribution in [0.3, 0.4) is 0 Å². The van der Waals surface area contributed by atoms with Gasteiger partial charge in [0.05, 0.1) is 6.61 Å². The van der Waals surface area contributed by atoms with Crippen LogP contribution in [0, 0.1) is 0 Å². The number of ether oxygens (including phenoxy) is 1. The third kappa shape index (κ3) is 4.85. The van der Waals surface area contributed by atoms with Crippen molar-refractivity contribution in [2.45, 2.75) is 33.1 Å². The molecule has 17 heavy (non-hydrogen) atoms. The highest BCUT2D eigenvalue weighted by molar-refractivity contribution is 5.39. The maximum absolute atomic E-state index is 5.55. The summed E-state index contributed by atoms with van der Waals surface area (Å²) in [5.74, 6) is 2.28. The van der Waals surface area contributed by atoms with E-state index < -0.39 is 0 Å². The zero-order valence-electron chi connectivity index (χ0n) is 10.7. The Hall–Kier alpha value is -1.58. The minimum atomic E-state index is 0.650. The average molecular weight is 235 g/mol. The van der Waals surface area contributed by atoms with E-state index in [1.807, 2.05) is 6.07 Å². The Balaban J connectivity index is 2.79. The first-order valence-electron chi connectivity index (χ1n) is 6.15. The molecule has 0 aliphatic carbocycles. The van der Waals surface area contributed by atoms with Gasteiger partial charge in [0, 0.05) is 19.0 Å². The fraction of sp³-hybridized carbons (Fsp3) is 0.538. The summed E-state index contributed by atoms with van der Waals surface area (Å²) in [5.41, 5.74) is 0. The third-order valence-corrected chi connectivity index (χ3v) is 2.10. The first-order chi connectivity index (χ1) is 8.30. The van der Waals surface area contributed by atoms with Gasteiger partial charge < -0.3 is 10.1 Å². The maximum atomic E-state index is 5.55. The van der Waals surface area contributed by atoms with Crippen LogP contribution < -0.4 is 10.1 Å². The summed E-state index contributed by atoms with van der Waals surface area (Å²) in [7, 11) is 0. The van der Waals surface area contributed by atoms with E-state index >= 15 is 0 Å². The molecule has 1 heterocycles. The van der Waals surface area contributed by atoms with E-state index in [4.69, 9.17) is 4.74 Å². The van der Waals surface area contributed by atoms with Gasteiger partial charge in [-0.2, -0.15) is 4.98 Å². The summed E-state index contributed by atoms with van der Waals surface area (Å²) in [4.78, 5) is 8.79. The van der Waals surface area contributed by atoms with Crippen molar-refractivity contribution in [2.24, 2.45) is 0 Å². The Morgan fingerprint density at radius 1 is 1.35 bits per heavy atom. The molecular weight excluding hydrogens is 214 g/mol. The quantitative estimate of drug-likeness (QED) is 0.704. The molecule has 0 radical (unpaired) electrons. The molecule has 94 valence electrons. The van der Waals surface area contributed by atoms with E-state index in [0.29, 0.717) is 19.0 Å². The monoisotopic (exact) mass is 235 g/mol. The Morgan fingerprint density at radius 2 is 2.18 bits per heavy atom. The van der Waals surface area contributed by atoms with Gasteiger partial charge >= 0.3 is 0 Å². The van der Waals surface area contributed by atoms with Gasteiger partial charge in [0.15, 0.2) is 0 Å². The van der Waals surface area contributed by atoms with Crippen molar-refractivity contribution in [2.75, 3.05) is 18.5 Å². The van der Waals surface area contributed by atoms with E-state index in [0.717, 1.165) is 30.9 Å².